The van der Waals surface area contributed by atoms with Gasteiger partial charge >= 0.3 is 0 Å². The van der Waals surface area contributed by atoms with E-state index in [1.54, 1.807) is 12.2 Å². The van der Waals surface area contributed by atoms with Crippen molar-refractivity contribution in [1.82, 2.24) is 4.31 Å². The van der Waals surface area contributed by atoms with E-state index >= 15 is 0 Å². The van der Waals surface area contributed by atoms with Gasteiger partial charge in [-0.3, -0.25) is 0 Å². The summed E-state index contributed by atoms with van der Waals surface area (Å²) in [5.41, 5.74) is 4.69. The van der Waals surface area contributed by atoms with Gasteiger partial charge in [0.25, 0.3) is 0 Å². The largest absolute Gasteiger partial charge is 0.369 e. The lowest BCUT2D eigenvalue weighted by atomic mass is 9.82. The van der Waals surface area contributed by atoms with Gasteiger partial charge in [-0.2, -0.15) is 0 Å². The monoisotopic (exact) mass is 367 g/mol. The topological polar surface area (TPSA) is 75.8 Å². The molecule has 2 atom stereocenters. The number of allylic oxidation sites excluding steroid dienone is 3. The first kappa shape index (κ1) is 17.6. The average Bonchev–Trinajstić information content (AvgIpc) is 2.56. The molecule has 8 heteroatoms. The maximum atomic E-state index is 14.5. The Balaban J connectivity index is 2.32. The van der Waals surface area contributed by atoms with Crippen LogP contribution in [0.25, 0.3) is 0 Å². The number of nitrogens with zero attached hydrogens (tertiary/aromatic N) is 2. The molecule has 0 fully saturated rings. The van der Waals surface area contributed by atoms with Gasteiger partial charge in [-0.15, -0.1) is 0 Å². The standard InChI is InChI=1S/C17H19F2N3O2S/c1-17(13-10-12(18)8-9-14(13)19)15(11-6-4-3-5-7-11)25(23,24)22(2)16(20)21-17/h3-4,6,8-10,15H,5,7H2,1-2H3,(H2,20,21)/t15-,17-/m1/s1. The normalized spacial score (nSPS) is 28.5. The Hall–Kier alpha value is -2.22. The fraction of sp³-hybridized carbons (Fsp3) is 0.353. The molecule has 0 radical (unpaired) electrons. The highest BCUT2D eigenvalue weighted by Crippen LogP contribution is 2.43. The van der Waals surface area contributed by atoms with Crippen molar-refractivity contribution >= 4 is 16.0 Å². The average molecular weight is 367 g/mol. The Morgan fingerprint density at radius 3 is 2.72 bits per heavy atom. The number of guanidine groups is 1. The minimum Gasteiger partial charge on any atom is -0.369 e. The van der Waals surface area contributed by atoms with Crippen molar-refractivity contribution in [2.75, 3.05) is 7.05 Å². The molecule has 1 aromatic rings. The van der Waals surface area contributed by atoms with Crippen LogP contribution < -0.4 is 5.73 Å². The molecule has 0 spiro atoms. The number of hydrogen-bond acceptors (Lipinski definition) is 4. The van der Waals surface area contributed by atoms with Crippen molar-refractivity contribution in [1.29, 1.82) is 0 Å². The van der Waals surface area contributed by atoms with Crippen LogP contribution in [0.1, 0.15) is 25.3 Å². The molecular formula is C17H19F2N3O2S. The van der Waals surface area contributed by atoms with Gasteiger partial charge in [0.15, 0.2) is 0 Å². The maximum Gasteiger partial charge on any atom is 0.246 e. The van der Waals surface area contributed by atoms with Crippen LogP contribution in [-0.4, -0.2) is 31.0 Å². The molecule has 0 bridgehead atoms. The van der Waals surface area contributed by atoms with E-state index in [2.05, 4.69) is 4.99 Å². The second kappa shape index (κ2) is 5.94. The van der Waals surface area contributed by atoms with Crippen LogP contribution in [0.15, 0.2) is 47.0 Å². The third-order valence-corrected chi connectivity index (χ3v) is 7.02. The van der Waals surface area contributed by atoms with Gasteiger partial charge in [0.1, 0.15) is 22.4 Å². The maximum absolute atomic E-state index is 14.5. The van der Waals surface area contributed by atoms with E-state index in [9.17, 15) is 17.2 Å². The van der Waals surface area contributed by atoms with Crippen LogP contribution in [0.3, 0.4) is 0 Å². The molecule has 5 nitrogen and oxygen atoms in total. The summed E-state index contributed by atoms with van der Waals surface area (Å²) in [6, 6.07) is 2.94. The third kappa shape index (κ3) is 2.74. The molecule has 1 heterocycles. The zero-order valence-corrected chi connectivity index (χ0v) is 14.7. The molecule has 0 unspecified atom stereocenters. The van der Waals surface area contributed by atoms with Gasteiger partial charge in [0.2, 0.25) is 16.0 Å². The molecule has 0 aromatic heterocycles. The second-order valence-electron chi connectivity index (χ2n) is 6.34. The van der Waals surface area contributed by atoms with Crippen LogP contribution in [-0.2, 0) is 15.6 Å². The molecule has 3 rings (SSSR count). The fourth-order valence-corrected chi connectivity index (χ4v) is 5.38. The highest BCUT2D eigenvalue weighted by molar-refractivity contribution is 7.90. The van der Waals surface area contributed by atoms with E-state index in [0.717, 1.165) is 22.5 Å². The van der Waals surface area contributed by atoms with Crippen LogP contribution in [0.4, 0.5) is 8.78 Å². The number of benzene rings is 1. The molecule has 1 aliphatic carbocycles. The predicted molar refractivity (Wildman–Crippen MR) is 92.3 cm³/mol. The predicted octanol–water partition coefficient (Wildman–Crippen LogP) is 2.41. The van der Waals surface area contributed by atoms with Crippen molar-refractivity contribution < 1.29 is 17.2 Å². The number of sulfonamides is 1. The van der Waals surface area contributed by atoms with E-state index < -0.39 is 32.4 Å². The molecule has 0 amide bonds. The second-order valence-corrected chi connectivity index (χ2v) is 8.39. The first-order valence-corrected chi connectivity index (χ1v) is 9.32. The van der Waals surface area contributed by atoms with E-state index in [1.807, 2.05) is 6.08 Å². The summed E-state index contributed by atoms with van der Waals surface area (Å²) in [5.74, 6) is -1.65. The summed E-state index contributed by atoms with van der Waals surface area (Å²) in [6.07, 6.45) is 6.55. The molecule has 1 aromatic carbocycles. The van der Waals surface area contributed by atoms with Crippen molar-refractivity contribution in [2.45, 2.75) is 30.6 Å². The van der Waals surface area contributed by atoms with Gasteiger partial charge in [-0.05, 0) is 43.5 Å². The summed E-state index contributed by atoms with van der Waals surface area (Å²) < 4.78 is 55.4. The minimum atomic E-state index is -3.95. The number of nitrogens with two attached hydrogens (primary N) is 1. The molecule has 2 aliphatic rings. The van der Waals surface area contributed by atoms with Gasteiger partial charge in [-0.25, -0.2) is 26.5 Å². The highest BCUT2D eigenvalue weighted by atomic mass is 32.2. The van der Waals surface area contributed by atoms with Crippen LogP contribution in [0.5, 0.6) is 0 Å². The Bertz CT molecular complexity index is 908. The first-order chi connectivity index (χ1) is 11.7. The van der Waals surface area contributed by atoms with Crippen LogP contribution >= 0.6 is 0 Å². The number of rotatable bonds is 2. The van der Waals surface area contributed by atoms with Gasteiger partial charge in [0, 0.05) is 12.6 Å². The third-order valence-electron chi connectivity index (χ3n) is 4.72. The molecule has 2 N–H and O–H groups in total. The van der Waals surface area contributed by atoms with Crippen LogP contribution in [0.2, 0.25) is 0 Å². The van der Waals surface area contributed by atoms with Crippen molar-refractivity contribution in [3.63, 3.8) is 0 Å². The van der Waals surface area contributed by atoms with Gasteiger partial charge < -0.3 is 5.73 Å². The molecule has 1 aliphatic heterocycles. The molecule has 0 saturated heterocycles. The minimum absolute atomic E-state index is 0.132. The quantitative estimate of drug-likeness (QED) is 0.872. The molecular weight excluding hydrogens is 348 g/mol. The lowest BCUT2D eigenvalue weighted by Gasteiger charge is -2.42. The lowest BCUT2D eigenvalue weighted by Crippen LogP contribution is -2.57. The Morgan fingerprint density at radius 2 is 2.08 bits per heavy atom. The fourth-order valence-electron chi connectivity index (χ4n) is 3.42. The zero-order chi connectivity index (χ0) is 18.4. The molecule has 0 saturated carbocycles. The van der Waals surface area contributed by atoms with Gasteiger partial charge in [0.05, 0.1) is 0 Å². The van der Waals surface area contributed by atoms with E-state index in [1.165, 1.54) is 14.0 Å². The van der Waals surface area contributed by atoms with Crippen LogP contribution in [0, 0.1) is 11.6 Å². The van der Waals surface area contributed by atoms with E-state index in [-0.39, 0.29) is 11.5 Å². The summed E-state index contributed by atoms with van der Waals surface area (Å²) in [5, 5.41) is -1.17. The summed E-state index contributed by atoms with van der Waals surface area (Å²) in [7, 11) is -2.64. The number of aliphatic imine (C=N–C) groups is 1. The summed E-state index contributed by atoms with van der Waals surface area (Å²) >= 11 is 0. The van der Waals surface area contributed by atoms with Crippen molar-refractivity contribution in [2.24, 2.45) is 10.7 Å². The van der Waals surface area contributed by atoms with Crippen molar-refractivity contribution in [3.05, 3.63) is 59.2 Å². The molecule has 25 heavy (non-hydrogen) atoms. The summed E-state index contributed by atoms with van der Waals surface area (Å²) in [4.78, 5) is 4.29. The Labute approximate surface area is 145 Å². The van der Waals surface area contributed by atoms with Gasteiger partial charge in [-0.1, -0.05) is 18.2 Å². The van der Waals surface area contributed by atoms with E-state index in [0.29, 0.717) is 18.4 Å². The molecule has 134 valence electrons. The Morgan fingerprint density at radius 1 is 1.36 bits per heavy atom. The Kier molecular flexibility index (Phi) is 4.18. The van der Waals surface area contributed by atoms with E-state index in [4.69, 9.17) is 5.73 Å². The highest BCUT2D eigenvalue weighted by Gasteiger charge is 2.53. The lowest BCUT2D eigenvalue weighted by molar-refractivity contribution is 0.407. The SMILES string of the molecule is CN1C(N)=N[C@](C)(c2cc(F)ccc2F)[C@@H](C2=CC=CCC2)S1(=O)=O. The zero-order valence-electron chi connectivity index (χ0n) is 13.9. The smallest absolute Gasteiger partial charge is 0.246 e. The summed E-state index contributed by atoms with van der Waals surface area (Å²) in [6.45, 7) is 1.48. The van der Waals surface area contributed by atoms with Crippen molar-refractivity contribution in [3.8, 4) is 0 Å². The number of hydrogen-bond donors (Lipinski definition) is 1. The first-order valence-electron chi connectivity index (χ1n) is 7.82. The number of halogens is 2.